The molecule has 0 aliphatic heterocycles. The van der Waals surface area contributed by atoms with Crippen LogP contribution in [0.1, 0.15) is 15.9 Å². The highest BCUT2D eigenvalue weighted by Crippen LogP contribution is 2.14. The van der Waals surface area contributed by atoms with Crippen LogP contribution in [-0.2, 0) is 6.42 Å². The number of nitrogens with one attached hydrogen (secondary N) is 1. The highest BCUT2D eigenvalue weighted by Gasteiger charge is 2.12. The maximum Gasteiger partial charge on any atom is 0.341 e. The van der Waals surface area contributed by atoms with E-state index in [1.54, 1.807) is 12.1 Å². The third-order valence-electron chi connectivity index (χ3n) is 2.58. The van der Waals surface area contributed by atoms with Crippen LogP contribution in [0.2, 0.25) is 5.28 Å². The molecule has 2 N–H and O–H groups in total. The number of nitrogens with zero attached hydrogens (tertiary/aromatic N) is 2. The molecule has 0 saturated heterocycles. The SMILES string of the molecule is O=C(O)c1cnc(Cl)nc1NCCc1cccc(F)c1. The molecule has 20 heavy (non-hydrogen) atoms. The molecule has 0 aliphatic carbocycles. The average Bonchev–Trinajstić information content (AvgIpc) is 2.38. The molecule has 104 valence electrons. The molecule has 0 spiro atoms. The van der Waals surface area contributed by atoms with Crippen molar-refractivity contribution in [1.82, 2.24) is 9.97 Å². The Morgan fingerprint density at radius 2 is 2.25 bits per heavy atom. The van der Waals surface area contributed by atoms with Crippen molar-refractivity contribution in [2.24, 2.45) is 0 Å². The van der Waals surface area contributed by atoms with Gasteiger partial charge in [0.05, 0.1) is 0 Å². The molecule has 1 aromatic heterocycles. The average molecular weight is 296 g/mol. The standard InChI is InChI=1S/C13H11ClFN3O2/c14-13-17-7-10(12(19)20)11(18-13)16-5-4-8-2-1-3-9(15)6-8/h1-3,6-7H,4-5H2,(H,19,20)(H,16,17,18). The topological polar surface area (TPSA) is 75.1 Å². The van der Waals surface area contributed by atoms with E-state index in [1.807, 2.05) is 0 Å². The van der Waals surface area contributed by atoms with Crippen LogP contribution < -0.4 is 5.32 Å². The maximum absolute atomic E-state index is 13.0. The van der Waals surface area contributed by atoms with Crippen LogP contribution in [0, 0.1) is 5.82 Å². The van der Waals surface area contributed by atoms with Crippen molar-refractivity contribution in [2.75, 3.05) is 11.9 Å². The molecule has 0 saturated carbocycles. The normalized spacial score (nSPS) is 10.3. The van der Waals surface area contributed by atoms with Gasteiger partial charge in [-0.15, -0.1) is 0 Å². The lowest BCUT2D eigenvalue weighted by atomic mass is 10.1. The quantitative estimate of drug-likeness (QED) is 0.829. The van der Waals surface area contributed by atoms with E-state index in [1.165, 1.54) is 12.1 Å². The second kappa shape index (κ2) is 6.29. The maximum atomic E-state index is 13.0. The van der Waals surface area contributed by atoms with Crippen molar-refractivity contribution in [1.29, 1.82) is 0 Å². The second-order valence-corrected chi connectivity index (χ2v) is 4.35. The fraction of sp³-hybridized carbons (Fsp3) is 0.154. The fourth-order valence-electron chi connectivity index (χ4n) is 1.67. The lowest BCUT2D eigenvalue weighted by molar-refractivity contribution is 0.0697. The number of aromatic carboxylic acids is 1. The summed E-state index contributed by atoms with van der Waals surface area (Å²) in [5, 5.41) is 11.8. The van der Waals surface area contributed by atoms with E-state index in [4.69, 9.17) is 16.7 Å². The fourth-order valence-corrected chi connectivity index (χ4v) is 1.80. The third kappa shape index (κ3) is 3.64. The van der Waals surface area contributed by atoms with Gasteiger partial charge in [-0.2, -0.15) is 4.98 Å². The molecule has 0 aliphatic rings. The van der Waals surface area contributed by atoms with E-state index in [2.05, 4.69) is 15.3 Å². The first-order valence-electron chi connectivity index (χ1n) is 5.80. The number of carbonyl (C=O) groups is 1. The van der Waals surface area contributed by atoms with Crippen LogP contribution in [0.15, 0.2) is 30.5 Å². The first-order chi connectivity index (χ1) is 9.56. The largest absolute Gasteiger partial charge is 0.477 e. The van der Waals surface area contributed by atoms with E-state index < -0.39 is 5.97 Å². The molecular formula is C13H11ClFN3O2. The Balaban J connectivity index is 2.04. The molecule has 1 aromatic carbocycles. The number of anilines is 1. The molecular weight excluding hydrogens is 285 g/mol. The Bertz CT molecular complexity index is 637. The van der Waals surface area contributed by atoms with Crippen molar-refractivity contribution < 1.29 is 14.3 Å². The van der Waals surface area contributed by atoms with Crippen molar-refractivity contribution in [3.63, 3.8) is 0 Å². The number of hydrogen-bond acceptors (Lipinski definition) is 4. The molecule has 0 radical (unpaired) electrons. The highest BCUT2D eigenvalue weighted by molar-refractivity contribution is 6.28. The van der Waals surface area contributed by atoms with Gasteiger partial charge in [0.25, 0.3) is 0 Å². The summed E-state index contributed by atoms with van der Waals surface area (Å²) in [5.41, 5.74) is 0.739. The monoisotopic (exact) mass is 295 g/mol. The molecule has 0 unspecified atom stereocenters. The van der Waals surface area contributed by atoms with Crippen molar-refractivity contribution in [2.45, 2.75) is 6.42 Å². The van der Waals surface area contributed by atoms with Gasteiger partial charge in [-0.25, -0.2) is 14.2 Å². The molecule has 2 rings (SSSR count). The van der Waals surface area contributed by atoms with Gasteiger partial charge < -0.3 is 10.4 Å². The summed E-state index contributed by atoms with van der Waals surface area (Å²) in [6, 6.07) is 6.20. The Kier molecular flexibility index (Phi) is 4.47. The molecule has 7 heteroatoms. The van der Waals surface area contributed by atoms with E-state index in [-0.39, 0.29) is 22.5 Å². The van der Waals surface area contributed by atoms with Gasteiger partial charge >= 0.3 is 5.97 Å². The van der Waals surface area contributed by atoms with E-state index in [0.29, 0.717) is 13.0 Å². The number of carboxylic acid groups (broad SMARTS) is 1. The smallest absolute Gasteiger partial charge is 0.341 e. The lowest BCUT2D eigenvalue weighted by Crippen LogP contribution is -2.12. The number of halogens is 2. The Hall–Kier alpha value is -2.21. The Morgan fingerprint density at radius 1 is 1.45 bits per heavy atom. The summed E-state index contributed by atoms with van der Waals surface area (Å²) in [7, 11) is 0. The van der Waals surface area contributed by atoms with Crippen molar-refractivity contribution in [3.8, 4) is 0 Å². The van der Waals surface area contributed by atoms with Gasteiger partial charge in [-0.1, -0.05) is 12.1 Å². The third-order valence-corrected chi connectivity index (χ3v) is 2.77. The van der Waals surface area contributed by atoms with Crippen molar-refractivity contribution >= 4 is 23.4 Å². The predicted molar refractivity (Wildman–Crippen MR) is 72.6 cm³/mol. The van der Waals surface area contributed by atoms with Crippen LogP contribution in [0.3, 0.4) is 0 Å². The van der Waals surface area contributed by atoms with Gasteiger partial charge in [-0.3, -0.25) is 0 Å². The van der Waals surface area contributed by atoms with Crippen LogP contribution in [0.5, 0.6) is 0 Å². The number of rotatable bonds is 5. The van der Waals surface area contributed by atoms with Gasteiger partial charge in [0.2, 0.25) is 5.28 Å². The molecule has 0 amide bonds. The first kappa shape index (κ1) is 14.2. The zero-order valence-corrected chi connectivity index (χ0v) is 11.1. The van der Waals surface area contributed by atoms with Crippen LogP contribution in [-0.4, -0.2) is 27.6 Å². The molecule has 0 bridgehead atoms. The van der Waals surface area contributed by atoms with Gasteiger partial charge in [0, 0.05) is 12.7 Å². The first-order valence-corrected chi connectivity index (χ1v) is 6.18. The molecule has 0 atom stereocenters. The summed E-state index contributed by atoms with van der Waals surface area (Å²) in [6.45, 7) is 0.400. The zero-order valence-electron chi connectivity index (χ0n) is 10.3. The van der Waals surface area contributed by atoms with E-state index in [9.17, 15) is 9.18 Å². The van der Waals surface area contributed by atoms with Crippen LogP contribution >= 0.6 is 11.6 Å². The summed E-state index contributed by atoms with van der Waals surface area (Å²) < 4.78 is 13.0. The van der Waals surface area contributed by atoms with Crippen LogP contribution in [0.25, 0.3) is 0 Å². The van der Waals surface area contributed by atoms with Gasteiger partial charge in [0.1, 0.15) is 17.2 Å². The molecule has 1 heterocycles. The van der Waals surface area contributed by atoms with E-state index >= 15 is 0 Å². The van der Waals surface area contributed by atoms with Crippen LogP contribution in [0.4, 0.5) is 10.2 Å². The predicted octanol–water partition coefficient (Wildman–Crippen LogP) is 2.62. The van der Waals surface area contributed by atoms with Gasteiger partial charge in [-0.05, 0) is 35.7 Å². The summed E-state index contributed by atoms with van der Waals surface area (Å²) in [4.78, 5) is 18.5. The minimum absolute atomic E-state index is 0.0387. The Morgan fingerprint density at radius 3 is 2.95 bits per heavy atom. The minimum Gasteiger partial charge on any atom is -0.477 e. The second-order valence-electron chi connectivity index (χ2n) is 4.01. The number of hydrogen-bond donors (Lipinski definition) is 2. The van der Waals surface area contributed by atoms with E-state index in [0.717, 1.165) is 11.8 Å². The minimum atomic E-state index is -1.14. The number of benzene rings is 1. The van der Waals surface area contributed by atoms with Crippen molar-refractivity contribution in [3.05, 3.63) is 52.7 Å². The molecule has 2 aromatic rings. The molecule has 0 fully saturated rings. The number of aromatic nitrogens is 2. The highest BCUT2D eigenvalue weighted by atomic mass is 35.5. The zero-order chi connectivity index (χ0) is 14.5. The Labute approximate surface area is 119 Å². The number of carboxylic acids is 1. The lowest BCUT2D eigenvalue weighted by Gasteiger charge is -2.08. The van der Waals surface area contributed by atoms with Gasteiger partial charge in [0.15, 0.2) is 0 Å². The molecule has 5 nitrogen and oxygen atoms in total. The summed E-state index contributed by atoms with van der Waals surface area (Å²) in [6.07, 6.45) is 1.67. The summed E-state index contributed by atoms with van der Waals surface area (Å²) in [5.74, 6) is -1.30. The summed E-state index contributed by atoms with van der Waals surface area (Å²) >= 11 is 5.63.